The van der Waals surface area contributed by atoms with Crippen LogP contribution in [0.3, 0.4) is 0 Å². The number of likely N-dealkylation sites (tertiary alicyclic amines) is 1. The first-order valence-corrected chi connectivity index (χ1v) is 6.90. The number of ether oxygens (including phenoxy) is 1. The third kappa shape index (κ3) is 3.48. The van der Waals surface area contributed by atoms with Gasteiger partial charge in [0.05, 0.1) is 6.61 Å². The summed E-state index contributed by atoms with van der Waals surface area (Å²) in [7, 11) is 1.61. The van der Waals surface area contributed by atoms with Crippen molar-refractivity contribution >= 4 is 6.03 Å². The SMILES string of the molecule is COCCNC(=O)N1C[C@@H](c2ccc(F)cc2)C[C@H]1C. The summed E-state index contributed by atoms with van der Waals surface area (Å²) in [6.45, 7) is 3.74. The molecule has 0 saturated carbocycles. The molecule has 0 unspecified atom stereocenters. The van der Waals surface area contributed by atoms with Gasteiger partial charge in [-0.2, -0.15) is 0 Å². The van der Waals surface area contributed by atoms with Gasteiger partial charge in [0.15, 0.2) is 0 Å². The molecule has 0 aromatic heterocycles. The molecule has 2 atom stereocenters. The normalized spacial score (nSPS) is 22.1. The van der Waals surface area contributed by atoms with E-state index in [0.29, 0.717) is 19.7 Å². The Morgan fingerprint density at radius 2 is 2.15 bits per heavy atom. The van der Waals surface area contributed by atoms with Gasteiger partial charge in [-0.05, 0) is 31.0 Å². The average Bonchev–Trinajstić information content (AvgIpc) is 2.82. The summed E-state index contributed by atoms with van der Waals surface area (Å²) >= 11 is 0. The Kier molecular flexibility index (Phi) is 4.95. The van der Waals surface area contributed by atoms with E-state index in [9.17, 15) is 9.18 Å². The minimum Gasteiger partial charge on any atom is -0.383 e. The Bertz CT molecular complexity index is 450. The van der Waals surface area contributed by atoms with Gasteiger partial charge in [-0.25, -0.2) is 9.18 Å². The molecule has 110 valence electrons. The summed E-state index contributed by atoms with van der Waals surface area (Å²) in [4.78, 5) is 13.9. The van der Waals surface area contributed by atoms with E-state index in [2.05, 4.69) is 5.32 Å². The lowest BCUT2D eigenvalue weighted by Gasteiger charge is -2.21. The second-order valence-electron chi connectivity index (χ2n) is 5.21. The van der Waals surface area contributed by atoms with Crippen LogP contribution in [0.5, 0.6) is 0 Å². The first-order chi connectivity index (χ1) is 9.61. The van der Waals surface area contributed by atoms with Crippen LogP contribution < -0.4 is 5.32 Å². The third-order valence-corrected chi connectivity index (χ3v) is 3.76. The van der Waals surface area contributed by atoms with Gasteiger partial charge in [0, 0.05) is 32.2 Å². The molecular weight excluding hydrogens is 259 g/mol. The van der Waals surface area contributed by atoms with E-state index in [1.54, 1.807) is 19.2 Å². The van der Waals surface area contributed by atoms with E-state index in [1.165, 1.54) is 12.1 Å². The van der Waals surface area contributed by atoms with Gasteiger partial charge >= 0.3 is 6.03 Å². The highest BCUT2D eigenvalue weighted by Gasteiger charge is 2.32. The number of hydrogen-bond acceptors (Lipinski definition) is 2. The quantitative estimate of drug-likeness (QED) is 0.860. The Balaban J connectivity index is 1.94. The molecular formula is C15H21FN2O2. The molecule has 1 heterocycles. The number of hydrogen-bond donors (Lipinski definition) is 1. The molecule has 2 rings (SSSR count). The summed E-state index contributed by atoms with van der Waals surface area (Å²) in [6, 6.07) is 6.69. The van der Waals surface area contributed by atoms with Crippen LogP contribution in [0.1, 0.15) is 24.8 Å². The van der Waals surface area contributed by atoms with Crippen molar-refractivity contribution in [3.05, 3.63) is 35.6 Å². The number of benzene rings is 1. The summed E-state index contributed by atoms with van der Waals surface area (Å²) in [6.07, 6.45) is 0.906. The molecule has 4 nitrogen and oxygen atoms in total. The number of nitrogens with one attached hydrogen (secondary N) is 1. The van der Waals surface area contributed by atoms with Crippen molar-refractivity contribution in [1.82, 2.24) is 10.2 Å². The second-order valence-corrected chi connectivity index (χ2v) is 5.21. The third-order valence-electron chi connectivity index (χ3n) is 3.76. The minimum atomic E-state index is -0.228. The van der Waals surface area contributed by atoms with Crippen molar-refractivity contribution in [1.29, 1.82) is 0 Å². The van der Waals surface area contributed by atoms with Crippen molar-refractivity contribution in [3.8, 4) is 0 Å². The fourth-order valence-electron chi connectivity index (χ4n) is 2.65. The van der Waals surface area contributed by atoms with Crippen LogP contribution in [0, 0.1) is 5.82 Å². The van der Waals surface area contributed by atoms with Gasteiger partial charge < -0.3 is 15.0 Å². The molecule has 1 aliphatic rings. The molecule has 1 aromatic rings. The molecule has 20 heavy (non-hydrogen) atoms. The van der Waals surface area contributed by atoms with Crippen LogP contribution in [0.4, 0.5) is 9.18 Å². The molecule has 5 heteroatoms. The van der Waals surface area contributed by atoms with Gasteiger partial charge in [-0.15, -0.1) is 0 Å². The average molecular weight is 280 g/mol. The lowest BCUT2D eigenvalue weighted by Crippen LogP contribution is -2.42. The number of carbonyl (C=O) groups excluding carboxylic acids is 1. The van der Waals surface area contributed by atoms with Crippen molar-refractivity contribution in [2.24, 2.45) is 0 Å². The number of urea groups is 1. The highest BCUT2D eigenvalue weighted by atomic mass is 19.1. The molecule has 0 radical (unpaired) electrons. The Labute approximate surface area is 118 Å². The monoisotopic (exact) mass is 280 g/mol. The number of nitrogens with zero attached hydrogens (tertiary/aromatic N) is 1. The maximum atomic E-state index is 12.9. The van der Waals surface area contributed by atoms with Crippen molar-refractivity contribution in [3.63, 3.8) is 0 Å². The van der Waals surface area contributed by atoms with E-state index >= 15 is 0 Å². The van der Waals surface area contributed by atoms with Crippen LogP contribution in [0.15, 0.2) is 24.3 Å². The summed E-state index contributed by atoms with van der Waals surface area (Å²) < 4.78 is 17.9. The van der Waals surface area contributed by atoms with E-state index in [-0.39, 0.29) is 23.8 Å². The summed E-state index contributed by atoms with van der Waals surface area (Å²) in [5.74, 6) is 0.0488. The van der Waals surface area contributed by atoms with E-state index in [1.807, 2.05) is 11.8 Å². The number of amides is 2. The van der Waals surface area contributed by atoms with Gasteiger partial charge in [-0.3, -0.25) is 0 Å². The molecule has 1 fully saturated rings. The molecule has 1 N–H and O–H groups in total. The standard InChI is InChI=1S/C15H21FN2O2/c1-11-9-13(12-3-5-14(16)6-4-12)10-18(11)15(19)17-7-8-20-2/h3-6,11,13H,7-10H2,1-2H3,(H,17,19)/t11-,13+/m1/s1. The highest BCUT2D eigenvalue weighted by molar-refractivity contribution is 5.75. The molecule has 1 saturated heterocycles. The van der Waals surface area contributed by atoms with Crippen LogP contribution >= 0.6 is 0 Å². The second kappa shape index (κ2) is 6.70. The summed E-state index contributed by atoms with van der Waals surface area (Å²) in [5.41, 5.74) is 1.09. The topological polar surface area (TPSA) is 41.6 Å². The summed E-state index contributed by atoms with van der Waals surface area (Å²) in [5, 5.41) is 2.84. The van der Waals surface area contributed by atoms with Gasteiger partial charge in [0.2, 0.25) is 0 Å². The largest absolute Gasteiger partial charge is 0.383 e. The number of methoxy groups -OCH3 is 1. The zero-order chi connectivity index (χ0) is 14.5. The van der Waals surface area contributed by atoms with E-state index in [0.717, 1.165) is 12.0 Å². The van der Waals surface area contributed by atoms with Crippen molar-refractivity contribution in [2.45, 2.75) is 25.3 Å². The van der Waals surface area contributed by atoms with Gasteiger partial charge in [-0.1, -0.05) is 12.1 Å². The zero-order valence-corrected chi connectivity index (χ0v) is 11.9. The minimum absolute atomic E-state index is 0.0563. The number of halogens is 1. The molecule has 2 amide bonds. The molecule has 0 aliphatic carbocycles. The lowest BCUT2D eigenvalue weighted by atomic mass is 9.97. The van der Waals surface area contributed by atoms with E-state index < -0.39 is 0 Å². The van der Waals surface area contributed by atoms with Crippen LogP contribution in [-0.2, 0) is 4.74 Å². The van der Waals surface area contributed by atoms with Crippen LogP contribution in [0.25, 0.3) is 0 Å². The number of carbonyl (C=O) groups is 1. The van der Waals surface area contributed by atoms with Crippen LogP contribution in [0.2, 0.25) is 0 Å². The molecule has 1 aliphatic heterocycles. The molecule has 0 spiro atoms. The van der Waals surface area contributed by atoms with Crippen molar-refractivity contribution in [2.75, 3.05) is 26.8 Å². The molecule has 0 bridgehead atoms. The Hall–Kier alpha value is -1.62. The van der Waals surface area contributed by atoms with Crippen LogP contribution in [-0.4, -0.2) is 43.8 Å². The highest BCUT2D eigenvalue weighted by Crippen LogP contribution is 2.31. The Morgan fingerprint density at radius 3 is 2.80 bits per heavy atom. The van der Waals surface area contributed by atoms with Gasteiger partial charge in [0.25, 0.3) is 0 Å². The van der Waals surface area contributed by atoms with Gasteiger partial charge in [0.1, 0.15) is 5.82 Å². The fourth-order valence-corrected chi connectivity index (χ4v) is 2.65. The Morgan fingerprint density at radius 1 is 1.45 bits per heavy atom. The zero-order valence-electron chi connectivity index (χ0n) is 11.9. The van der Waals surface area contributed by atoms with E-state index in [4.69, 9.17) is 4.74 Å². The predicted molar refractivity (Wildman–Crippen MR) is 75.2 cm³/mol. The first-order valence-electron chi connectivity index (χ1n) is 6.90. The fraction of sp³-hybridized carbons (Fsp3) is 0.533. The smallest absolute Gasteiger partial charge is 0.317 e. The first kappa shape index (κ1) is 14.8. The number of rotatable bonds is 4. The maximum Gasteiger partial charge on any atom is 0.317 e. The predicted octanol–water partition coefficient (Wildman–Crippen LogP) is 2.36. The lowest BCUT2D eigenvalue weighted by molar-refractivity contribution is 0.178. The van der Waals surface area contributed by atoms with Crippen molar-refractivity contribution < 1.29 is 13.9 Å². The molecule has 1 aromatic carbocycles. The maximum absolute atomic E-state index is 12.9.